The maximum absolute atomic E-state index is 13.2. The fourth-order valence-corrected chi connectivity index (χ4v) is 4.05. The standard InChI is InChI=1S/C26H22N4O3/c1-33-23-12-3-2-8-20(23)16-28-25(31)19-9-4-7-18(15-19)17-30-24-21(10-5-13-27-24)29-14-6-11-22(29)26(30)32/h2-15H,16-17H2,1H3,(H,28,31). The molecule has 0 saturated heterocycles. The Labute approximate surface area is 189 Å². The molecular formula is C26H22N4O3. The van der Waals surface area contributed by atoms with E-state index in [4.69, 9.17) is 4.74 Å². The second kappa shape index (κ2) is 8.63. The number of benzene rings is 2. The Morgan fingerprint density at radius 3 is 2.73 bits per heavy atom. The van der Waals surface area contributed by atoms with Gasteiger partial charge in [0.25, 0.3) is 11.5 Å². The van der Waals surface area contributed by atoms with E-state index in [0.717, 1.165) is 22.4 Å². The lowest BCUT2D eigenvalue weighted by atomic mass is 10.1. The Morgan fingerprint density at radius 2 is 1.85 bits per heavy atom. The van der Waals surface area contributed by atoms with Gasteiger partial charge in [-0.2, -0.15) is 0 Å². The van der Waals surface area contributed by atoms with Crippen molar-refractivity contribution in [3.05, 3.63) is 112 Å². The van der Waals surface area contributed by atoms with Gasteiger partial charge in [-0.3, -0.25) is 14.2 Å². The zero-order chi connectivity index (χ0) is 22.8. The number of para-hydroxylation sites is 1. The minimum absolute atomic E-state index is 0.128. The van der Waals surface area contributed by atoms with Gasteiger partial charge in [-0.25, -0.2) is 4.98 Å². The molecule has 5 aromatic rings. The van der Waals surface area contributed by atoms with Gasteiger partial charge in [-0.15, -0.1) is 0 Å². The number of amides is 1. The summed E-state index contributed by atoms with van der Waals surface area (Å²) in [5.41, 5.74) is 4.16. The zero-order valence-corrected chi connectivity index (χ0v) is 18.1. The quantitative estimate of drug-likeness (QED) is 0.439. The van der Waals surface area contributed by atoms with Crippen molar-refractivity contribution < 1.29 is 9.53 Å². The Balaban J connectivity index is 1.43. The number of nitrogens with zero attached hydrogens (tertiary/aromatic N) is 3. The summed E-state index contributed by atoms with van der Waals surface area (Å²) in [6.07, 6.45) is 3.53. The van der Waals surface area contributed by atoms with Crippen LogP contribution in [-0.4, -0.2) is 27.0 Å². The lowest BCUT2D eigenvalue weighted by Gasteiger charge is -2.13. The Kier molecular flexibility index (Phi) is 5.36. The van der Waals surface area contributed by atoms with Crippen LogP contribution in [0.4, 0.5) is 0 Å². The first-order valence-corrected chi connectivity index (χ1v) is 10.6. The summed E-state index contributed by atoms with van der Waals surface area (Å²) in [6.45, 7) is 0.660. The van der Waals surface area contributed by atoms with E-state index in [0.29, 0.717) is 29.8 Å². The van der Waals surface area contributed by atoms with Crippen molar-refractivity contribution in [3.63, 3.8) is 0 Å². The number of methoxy groups -OCH3 is 1. The topological polar surface area (TPSA) is 77.6 Å². The van der Waals surface area contributed by atoms with Crippen molar-refractivity contribution >= 4 is 22.6 Å². The molecular weight excluding hydrogens is 416 g/mol. The highest BCUT2D eigenvalue weighted by Crippen LogP contribution is 2.18. The molecule has 7 heteroatoms. The highest BCUT2D eigenvalue weighted by Gasteiger charge is 2.13. The van der Waals surface area contributed by atoms with Gasteiger partial charge in [0.15, 0.2) is 5.65 Å². The van der Waals surface area contributed by atoms with Crippen LogP contribution >= 0.6 is 0 Å². The molecule has 0 spiro atoms. The van der Waals surface area contributed by atoms with Crippen molar-refractivity contribution in [2.24, 2.45) is 0 Å². The fourth-order valence-electron chi connectivity index (χ4n) is 4.05. The van der Waals surface area contributed by atoms with E-state index in [2.05, 4.69) is 10.3 Å². The minimum Gasteiger partial charge on any atom is -0.496 e. The van der Waals surface area contributed by atoms with Crippen LogP contribution in [0.25, 0.3) is 16.7 Å². The second-order valence-electron chi connectivity index (χ2n) is 7.70. The molecule has 3 aromatic heterocycles. The molecule has 164 valence electrons. The molecule has 0 atom stereocenters. The summed E-state index contributed by atoms with van der Waals surface area (Å²) in [5.74, 6) is 0.534. The Morgan fingerprint density at radius 1 is 1.00 bits per heavy atom. The Hall–Kier alpha value is -4.39. The van der Waals surface area contributed by atoms with Crippen LogP contribution in [0.5, 0.6) is 5.75 Å². The third-order valence-corrected chi connectivity index (χ3v) is 5.66. The van der Waals surface area contributed by atoms with E-state index in [-0.39, 0.29) is 11.5 Å². The van der Waals surface area contributed by atoms with Crippen LogP contribution in [0.1, 0.15) is 21.5 Å². The number of hydrogen-bond acceptors (Lipinski definition) is 4. The molecule has 0 saturated carbocycles. The maximum Gasteiger partial charge on any atom is 0.276 e. The molecule has 0 aliphatic rings. The molecule has 1 amide bonds. The van der Waals surface area contributed by atoms with E-state index in [1.165, 1.54) is 0 Å². The summed E-state index contributed by atoms with van der Waals surface area (Å²) >= 11 is 0. The molecule has 5 rings (SSSR count). The number of carbonyl (C=O) groups is 1. The van der Waals surface area contributed by atoms with Gasteiger partial charge < -0.3 is 14.5 Å². The Bertz CT molecular complexity index is 1530. The van der Waals surface area contributed by atoms with Gasteiger partial charge in [0.1, 0.15) is 11.3 Å². The monoisotopic (exact) mass is 438 g/mol. The molecule has 0 unspecified atom stereocenters. The summed E-state index contributed by atoms with van der Waals surface area (Å²) in [6, 6.07) is 22.3. The van der Waals surface area contributed by atoms with Crippen molar-refractivity contribution in [1.82, 2.24) is 19.3 Å². The highest BCUT2D eigenvalue weighted by atomic mass is 16.5. The largest absolute Gasteiger partial charge is 0.496 e. The van der Waals surface area contributed by atoms with E-state index in [1.807, 2.05) is 65.2 Å². The summed E-state index contributed by atoms with van der Waals surface area (Å²) in [7, 11) is 1.61. The molecule has 0 fully saturated rings. The number of aromatic nitrogens is 3. The lowest BCUT2D eigenvalue weighted by molar-refractivity contribution is 0.0950. The predicted octanol–water partition coefficient (Wildman–Crippen LogP) is 3.64. The molecule has 0 aliphatic carbocycles. The average molecular weight is 438 g/mol. The van der Waals surface area contributed by atoms with Crippen LogP contribution in [-0.2, 0) is 13.1 Å². The number of rotatable bonds is 6. The third-order valence-electron chi connectivity index (χ3n) is 5.66. The first-order chi connectivity index (χ1) is 16.2. The minimum atomic E-state index is -0.194. The third kappa shape index (κ3) is 3.85. The fraction of sp³-hybridized carbons (Fsp3) is 0.115. The first-order valence-electron chi connectivity index (χ1n) is 10.6. The molecule has 1 N–H and O–H groups in total. The van der Waals surface area contributed by atoms with Crippen LogP contribution in [0.3, 0.4) is 0 Å². The number of pyridine rings is 1. The summed E-state index contributed by atoms with van der Waals surface area (Å²) < 4.78 is 8.85. The van der Waals surface area contributed by atoms with Crippen LogP contribution in [0, 0.1) is 0 Å². The molecule has 0 bridgehead atoms. The van der Waals surface area contributed by atoms with E-state index < -0.39 is 0 Å². The van der Waals surface area contributed by atoms with E-state index >= 15 is 0 Å². The van der Waals surface area contributed by atoms with Crippen LogP contribution in [0.2, 0.25) is 0 Å². The number of ether oxygens (including phenoxy) is 1. The van der Waals surface area contributed by atoms with Gasteiger partial charge >= 0.3 is 0 Å². The number of carbonyl (C=O) groups excluding carboxylic acids is 1. The van der Waals surface area contributed by atoms with E-state index in [1.54, 1.807) is 36.1 Å². The highest BCUT2D eigenvalue weighted by molar-refractivity contribution is 5.94. The number of hydrogen-bond donors (Lipinski definition) is 1. The van der Waals surface area contributed by atoms with E-state index in [9.17, 15) is 9.59 Å². The molecule has 3 heterocycles. The first kappa shape index (κ1) is 20.5. The molecule has 0 radical (unpaired) electrons. The van der Waals surface area contributed by atoms with Gasteiger partial charge in [0, 0.05) is 30.1 Å². The van der Waals surface area contributed by atoms with Gasteiger partial charge in [0.05, 0.1) is 19.2 Å². The van der Waals surface area contributed by atoms with Crippen LogP contribution < -0.4 is 15.6 Å². The van der Waals surface area contributed by atoms with Crippen molar-refractivity contribution in [2.75, 3.05) is 7.11 Å². The lowest BCUT2D eigenvalue weighted by Crippen LogP contribution is -2.25. The normalized spacial score (nSPS) is 11.1. The van der Waals surface area contributed by atoms with Crippen molar-refractivity contribution in [3.8, 4) is 5.75 Å². The molecule has 2 aromatic carbocycles. The maximum atomic E-state index is 13.2. The molecule has 0 aliphatic heterocycles. The molecule has 7 nitrogen and oxygen atoms in total. The summed E-state index contributed by atoms with van der Waals surface area (Å²) in [5, 5.41) is 2.94. The van der Waals surface area contributed by atoms with Gasteiger partial charge in [-0.1, -0.05) is 30.3 Å². The molecule has 33 heavy (non-hydrogen) atoms. The van der Waals surface area contributed by atoms with Crippen molar-refractivity contribution in [1.29, 1.82) is 0 Å². The second-order valence-corrected chi connectivity index (χ2v) is 7.70. The zero-order valence-electron chi connectivity index (χ0n) is 18.1. The smallest absolute Gasteiger partial charge is 0.276 e. The average Bonchev–Trinajstić information content (AvgIpc) is 3.36. The van der Waals surface area contributed by atoms with Gasteiger partial charge in [0.2, 0.25) is 0 Å². The predicted molar refractivity (Wildman–Crippen MR) is 127 cm³/mol. The van der Waals surface area contributed by atoms with Crippen molar-refractivity contribution in [2.45, 2.75) is 13.1 Å². The van der Waals surface area contributed by atoms with Gasteiger partial charge in [-0.05, 0) is 48.0 Å². The number of nitrogens with one attached hydrogen (secondary N) is 1. The van der Waals surface area contributed by atoms with Crippen LogP contribution in [0.15, 0.2) is 90.0 Å². The number of fused-ring (bicyclic) bond motifs is 3. The summed E-state index contributed by atoms with van der Waals surface area (Å²) in [4.78, 5) is 30.4. The SMILES string of the molecule is COc1ccccc1CNC(=O)c1cccc(Cn2c(=O)c3cccn3c3cccnc32)c1.